The number of aliphatic imine (C=N–C) groups is 1. The van der Waals surface area contributed by atoms with Crippen molar-refractivity contribution in [2.75, 3.05) is 6.54 Å². The first-order chi connectivity index (χ1) is 9.16. The molecule has 0 N–H and O–H groups in total. The lowest BCUT2D eigenvalue weighted by Gasteiger charge is -2.31. The minimum Gasteiger partial charge on any atom is -0.298 e. The van der Waals surface area contributed by atoms with Crippen molar-refractivity contribution in [1.82, 2.24) is 4.90 Å². The summed E-state index contributed by atoms with van der Waals surface area (Å²) in [6, 6.07) is 10.4. The third kappa shape index (κ3) is 2.18. The quantitative estimate of drug-likeness (QED) is 0.801. The molecule has 0 bridgehead atoms. The van der Waals surface area contributed by atoms with Gasteiger partial charge in [-0.3, -0.25) is 14.7 Å². The van der Waals surface area contributed by atoms with E-state index in [9.17, 15) is 4.79 Å². The molecule has 3 nitrogen and oxygen atoms in total. The van der Waals surface area contributed by atoms with Gasteiger partial charge in [-0.05, 0) is 17.9 Å². The van der Waals surface area contributed by atoms with E-state index in [1.807, 2.05) is 11.0 Å². The number of rotatable bonds is 2. The Morgan fingerprint density at radius 3 is 2.68 bits per heavy atom. The fourth-order valence-electron chi connectivity index (χ4n) is 3.01. The van der Waals surface area contributed by atoms with Gasteiger partial charge in [0.05, 0.1) is 0 Å². The van der Waals surface area contributed by atoms with Crippen molar-refractivity contribution < 1.29 is 4.79 Å². The molecule has 2 unspecified atom stereocenters. The van der Waals surface area contributed by atoms with Crippen molar-refractivity contribution in [1.29, 1.82) is 0 Å². The van der Waals surface area contributed by atoms with Crippen LogP contribution >= 0.6 is 0 Å². The first kappa shape index (κ1) is 12.4. The first-order valence-electron chi connectivity index (χ1n) is 7.10. The van der Waals surface area contributed by atoms with Crippen molar-refractivity contribution in [3.63, 3.8) is 0 Å². The normalized spacial score (nSPS) is 26.6. The van der Waals surface area contributed by atoms with Gasteiger partial charge in [-0.25, -0.2) is 0 Å². The van der Waals surface area contributed by atoms with Gasteiger partial charge in [0.1, 0.15) is 11.9 Å². The third-order valence-corrected chi connectivity index (χ3v) is 4.14. The predicted molar refractivity (Wildman–Crippen MR) is 76.2 cm³/mol. The highest BCUT2D eigenvalue weighted by Gasteiger charge is 2.39. The van der Waals surface area contributed by atoms with E-state index in [0.717, 1.165) is 25.2 Å². The first-order valence-corrected chi connectivity index (χ1v) is 7.10. The molecule has 0 aliphatic carbocycles. The minimum absolute atomic E-state index is 0.149. The summed E-state index contributed by atoms with van der Waals surface area (Å²) in [4.78, 5) is 18.9. The number of carbonyl (C=O) groups is 1. The highest BCUT2D eigenvalue weighted by molar-refractivity contribution is 6.06. The Kier molecular flexibility index (Phi) is 3.13. The van der Waals surface area contributed by atoms with E-state index in [4.69, 9.17) is 0 Å². The fraction of sp³-hybridized carbons (Fsp3) is 0.500. The summed E-state index contributed by atoms with van der Waals surface area (Å²) in [5.74, 6) is 1.96. The summed E-state index contributed by atoms with van der Waals surface area (Å²) in [6.45, 7) is 4.93. The van der Waals surface area contributed by atoms with Crippen molar-refractivity contribution >= 4 is 11.7 Å². The lowest BCUT2D eigenvalue weighted by atomic mass is 9.90. The molecule has 2 atom stereocenters. The van der Waals surface area contributed by atoms with Crippen LogP contribution in [0.2, 0.25) is 0 Å². The second-order valence-corrected chi connectivity index (χ2v) is 5.83. The van der Waals surface area contributed by atoms with E-state index < -0.39 is 0 Å². The lowest BCUT2D eigenvalue weighted by molar-refractivity contribution is -0.128. The molecular weight excluding hydrogens is 236 g/mol. The monoisotopic (exact) mass is 256 g/mol. The maximum Gasteiger partial charge on any atom is 0.253 e. The van der Waals surface area contributed by atoms with Crippen LogP contribution in [0.25, 0.3) is 0 Å². The van der Waals surface area contributed by atoms with E-state index in [1.54, 1.807) is 0 Å². The number of fused-ring (bicyclic) bond motifs is 1. The highest BCUT2D eigenvalue weighted by atomic mass is 16.2. The number of nitrogens with zero attached hydrogens (tertiary/aromatic N) is 2. The van der Waals surface area contributed by atoms with Gasteiger partial charge in [-0.15, -0.1) is 0 Å². The van der Waals surface area contributed by atoms with E-state index in [2.05, 4.69) is 43.1 Å². The topological polar surface area (TPSA) is 32.7 Å². The molecule has 0 aromatic heterocycles. The Balaban J connectivity index is 1.79. The van der Waals surface area contributed by atoms with Gasteiger partial charge in [0, 0.05) is 18.9 Å². The number of benzene rings is 1. The number of piperidine rings is 1. The van der Waals surface area contributed by atoms with Gasteiger partial charge in [-0.2, -0.15) is 0 Å². The molecule has 2 aliphatic heterocycles. The SMILES string of the molecule is CC(C)C1N=C2CCC(c3ccccc3)CN2C1=O. The molecule has 1 fully saturated rings. The molecule has 1 aromatic carbocycles. The second-order valence-electron chi connectivity index (χ2n) is 5.83. The fourth-order valence-corrected chi connectivity index (χ4v) is 3.01. The molecule has 3 heteroatoms. The zero-order valence-electron chi connectivity index (χ0n) is 11.5. The molecular formula is C16H20N2O. The van der Waals surface area contributed by atoms with Crippen LogP contribution in [-0.4, -0.2) is 29.2 Å². The molecule has 3 rings (SSSR count). The Morgan fingerprint density at radius 1 is 1.26 bits per heavy atom. The second kappa shape index (κ2) is 4.80. The van der Waals surface area contributed by atoms with Crippen LogP contribution in [0.15, 0.2) is 35.3 Å². The largest absolute Gasteiger partial charge is 0.298 e. The number of amides is 1. The Hall–Kier alpha value is -1.64. The summed E-state index contributed by atoms with van der Waals surface area (Å²) in [7, 11) is 0. The molecule has 19 heavy (non-hydrogen) atoms. The summed E-state index contributed by atoms with van der Waals surface area (Å²) in [5.41, 5.74) is 1.34. The average Bonchev–Trinajstić information content (AvgIpc) is 2.77. The van der Waals surface area contributed by atoms with Gasteiger partial charge in [0.25, 0.3) is 5.91 Å². The Bertz CT molecular complexity index is 507. The summed E-state index contributed by atoms with van der Waals surface area (Å²) in [6.07, 6.45) is 2.02. The molecule has 0 radical (unpaired) electrons. The van der Waals surface area contributed by atoms with Crippen molar-refractivity contribution in [3.05, 3.63) is 35.9 Å². The van der Waals surface area contributed by atoms with Crippen LogP contribution in [0.5, 0.6) is 0 Å². The number of hydrogen-bond acceptors (Lipinski definition) is 2. The standard InChI is InChI=1S/C16H20N2O/c1-11(2)15-16(19)18-10-13(8-9-14(18)17-15)12-6-4-3-5-7-12/h3-7,11,13,15H,8-10H2,1-2H3. The summed E-state index contributed by atoms with van der Waals surface area (Å²) < 4.78 is 0. The molecule has 0 spiro atoms. The van der Waals surface area contributed by atoms with E-state index in [0.29, 0.717) is 11.8 Å². The third-order valence-electron chi connectivity index (χ3n) is 4.14. The van der Waals surface area contributed by atoms with Crippen LogP contribution in [-0.2, 0) is 4.79 Å². The van der Waals surface area contributed by atoms with Gasteiger partial charge >= 0.3 is 0 Å². The van der Waals surface area contributed by atoms with Gasteiger partial charge in [0.15, 0.2) is 0 Å². The van der Waals surface area contributed by atoms with Gasteiger partial charge in [-0.1, -0.05) is 44.2 Å². The molecule has 1 saturated heterocycles. The maximum atomic E-state index is 12.4. The number of hydrogen-bond donors (Lipinski definition) is 0. The van der Waals surface area contributed by atoms with Crippen LogP contribution < -0.4 is 0 Å². The van der Waals surface area contributed by atoms with Gasteiger partial charge in [0.2, 0.25) is 0 Å². The van der Waals surface area contributed by atoms with Crippen molar-refractivity contribution in [2.45, 2.75) is 38.6 Å². The minimum atomic E-state index is -0.149. The molecule has 0 saturated carbocycles. The van der Waals surface area contributed by atoms with E-state index in [1.165, 1.54) is 5.56 Å². The summed E-state index contributed by atoms with van der Waals surface area (Å²) in [5, 5.41) is 0. The maximum absolute atomic E-state index is 12.4. The van der Waals surface area contributed by atoms with Crippen LogP contribution in [0.4, 0.5) is 0 Å². The Morgan fingerprint density at radius 2 is 2.00 bits per heavy atom. The zero-order chi connectivity index (χ0) is 13.4. The van der Waals surface area contributed by atoms with Crippen LogP contribution in [0, 0.1) is 5.92 Å². The van der Waals surface area contributed by atoms with Gasteiger partial charge < -0.3 is 0 Å². The van der Waals surface area contributed by atoms with Crippen LogP contribution in [0.3, 0.4) is 0 Å². The predicted octanol–water partition coefficient (Wildman–Crippen LogP) is 2.83. The molecule has 2 heterocycles. The Labute approximate surface area is 114 Å². The molecule has 1 aromatic rings. The smallest absolute Gasteiger partial charge is 0.253 e. The zero-order valence-corrected chi connectivity index (χ0v) is 11.5. The van der Waals surface area contributed by atoms with Crippen LogP contribution in [0.1, 0.15) is 38.2 Å². The average molecular weight is 256 g/mol. The molecule has 1 amide bonds. The lowest BCUT2D eigenvalue weighted by Crippen LogP contribution is -2.42. The highest BCUT2D eigenvalue weighted by Crippen LogP contribution is 2.32. The summed E-state index contributed by atoms with van der Waals surface area (Å²) >= 11 is 0. The van der Waals surface area contributed by atoms with Crippen molar-refractivity contribution in [2.24, 2.45) is 10.9 Å². The van der Waals surface area contributed by atoms with Crippen molar-refractivity contribution in [3.8, 4) is 0 Å². The molecule has 2 aliphatic rings. The van der Waals surface area contributed by atoms with E-state index in [-0.39, 0.29) is 11.9 Å². The number of amidine groups is 1. The van der Waals surface area contributed by atoms with E-state index >= 15 is 0 Å². The molecule has 100 valence electrons. The number of carbonyl (C=O) groups excluding carboxylic acids is 1.